The lowest BCUT2D eigenvalue weighted by Crippen LogP contribution is -2.45. The topological polar surface area (TPSA) is 57.6 Å². The highest BCUT2D eigenvalue weighted by atomic mass is 16.4. The summed E-state index contributed by atoms with van der Waals surface area (Å²) in [7, 11) is 0. The van der Waals surface area contributed by atoms with Crippen molar-refractivity contribution in [3.8, 4) is 0 Å². The summed E-state index contributed by atoms with van der Waals surface area (Å²) in [6, 6.07) is 5.81. The van der Waals surface area contributed by atoms with Crippen molar-refractivity contribution in [2.24, 2.45) is 5.41 Å². The number of carboxylic acid groups (broad SMARTS) is 1. The second kappa shape index (κ2) is 5.27. The Morgan fingerprint density at radius 3 is 2.05 bits per heavy atom. The van der Waals surface area contributed by atoms with E-state index in [1.54, 1.807) is 11.8 Å². The van der Waals surface area contributed by atoms with Crippen LogP contribution in [0.1, 0.15) is 41.3 Å². The van der Waals surface area contributed by atoms with Crippen molar-refractivity contribution < 1.29 is 14.7 Å². The lowest BCUT2D eigenvalue weighted by molar-refractivity contribution is -0.150. The van der Waals surface area contributed by atoms with Crippen molar-refractivity contribution in [2.75, 3.05) is 13.1 Å². The zero-order chi connectivity index (χ0) is 14.9. The number of nitrogens with zero attached hydrogens (tertiary/aromatic N) is 1. The average Bonchev–Trinajstić information content (AvgIpc) is 2.37. The van der Waals surface area contributed by atoms with E-state index < -0.39 is 11.4 Å². The maximum absolute atomic E-state index is 12.5. The summed E-state index contributed by atoms with van der Waals surface area (Å²) in [4.78, 5) is 25.4. The van der Waals surface area contributed by atoms with Gasteiger partial charge in [-0.05, 0) is 45.7 Å². The maximum atomic E-state index is 12.5. The minimum atomic E-state index is -0.768. The first-order valence-corrected chi connectivity index (χ1v) is 6.93. The number of carbonyl (C=O) groups is 2. The van der Waals surface area contributed by atoms with Crippen molar-refractivity contribution >= 4 is 11.9 Å². The molecule has 4 heteroatoms. The van der Waals surface area contributed by atoms with Gasteiger partial charge in [0.25, 0.3) is 5.91 Å². The molecule has 1 aromatic rings. The second-order valence-electron chi connectivity index (χ2n) is 6.03. The van der Waals surface area contributed by atoms with E-state index in [1.807, 2.05) is 32.0 Å². The first-order chi connectivity index (χ1) is 9.32. The van der Waals surface area contributed by atoms with Crippen LogP contribution in [0.2, 0.25) is 0 Å². The number of rotatable bonds is 2. The molecule has 1 amide bonds. The van der Waals surface area contributed by atoms with Gasteiger partial charge in [0.1, 0.15) is 0 Å². The van der Waals surface area contributed by atoms with Crippen molar-refractivity contribution in [3.63, 3.8) is 0 Å². The molecular weight excluding hydrogens is 254 g/mol. The van der Waals surface area contributed by atoms with Crippen LogP contribution in [0.5, 0.6) is 0 Å². The fraction of sp³-hybridized carbons (Fsp3) is 0.500. The van der Waals surface area contributed by atoms with Crippen molar-refractivity contribution in [1.82, 2.24) is 4.90 Å². The molecule has 0 bridgehead atoms. The van der Waals surface area contributed by atoms with Crippen LogP contribution >= 0.6 is 0 Å². The standard InChI is InChI=1S/C16H21NO3/c1-11-8-12(2)10-13(9-11)14(18)17-6-4-16(3,5-7-17)15(19)20/h8-10H,4-7H2,1-3H3,(H,19,20). The van der Waals surface area contributed by atoms with E-state index in [-0.39, 0.29) is 5.91 Å². The van der Waals surface area contributed by atoms with Gasteiger partial charge in [-0.25, -0.2) is 0 Å². The summed E-state index contributed by atoms with van der Waals surface area (Å²) in [5, 5.41) is 9.21. The normalized spacial score (nSPS) is 17.9. The van der Waals surface area contributed by atoms with Gasteiger partial charge in [-0.2, -0.15) is 0 Å². The Kier molecular flexibility index (Phi) is 3.84. The Morgan fingerprint density at radius 1 is 1.10 bits per heavy atom. The molecule has 1 N–H and O–H groups in total. The third-order valence-electron chi connectivity index (χ3n) is 4.14. The van der Waals surface area contributed by atoms with Gasteiger partial charge in [-0.1, -0.05) is 17.2 Å². The van der Waals surface area contributed by atoms with Gasteiger partial charge in [-0.15, -0.1) is 0 Å². The molecule has 0 aromatic heterocycles. The van der Waals surface area contributed by atoms with Gasteiger partial charge >= 0.3 is 5.97 Å². The number of piperidine rings is 1. The van der Waals surface area contributed by atoms with Crippen molar-refractivity contribution in [3.05, 3.63) is 34.9 Å². The van der Waals surface area contributed by atoms with Crippen LogP contribution in [0.4, 0.5) is 0 Å². The average molecular weight is 275 g/mol. The molecule has 1 aliphatic rings. The molecule has 0 saturated carbocycles. The molecule has 20 heavy (non-hydrogen) atoms. The zero-order valence-electron chi connectivity index (χ0n) is 12.3. The number of hydrogen-bond acceptors (Lipinski definition) is 2. The molecule has 0 spiro atoms. The number of aliphatic carboxylic acids is 1. The predicted octanol–water partition coefficient (Wildman–Crippen LogP) is 2.63. The Balaban J connectivity index is 2.10. The highest BCUT2D eigenvalue weighted by Gasteiger charge is 2.38. The number of carboxylic acids is 1. The van der Waals surface area contributed by atoms with Crippen molar-refractivity contribution in [2.45, 2.75) is 33.6 Å². The molecule has 0 radical (unpaired) electrons. The first kappa shape index (κ1) is 14.6. The van der Waals surface area contributed by atoms with E-state index in [9.17, 15) is 14.7 Å². The Morgan fingerprint density at radius 2 is 1.60 bits per heavy atom. The van der Waals surface area contributed by atoms with E-state index in [0.29, 0.717) is 31.5 Å². The SMILES string of the molecule is Cc1cc(C)cc(C(=O)N2CCC(C)(C(=O)O)CC2)c1. The molecule has 1 heterocycles. The fourth-order valence-electron chi connectivity index (χ4n) is 2.70. The smallest absolute Gasteiger partial charge is 0.309 e. The molecule has 1 aromatic carbocycles. The Labute approximate surface area is 119 Å². The quantitative estimate of drug-likeness (QED) is 0.902. The van der Waals surface area contributed by atoms with Crippen LogP contribution in [0.15, 0.2) is 18.2 Å². The lowest BCUT2D eigenvalue weighted by Gasteiger charge is -2.36. The summed E-state index contributed by atoms with van der Waals surface area (Å²) in [6.07, 6.45) is 1.03. The Hall–Kier alpha value is -1.84. The van der Waals surface area contributed by atoms with Crippen LogP contribution in [0.25, 0.3) is 0 Å². The minimum absolute atomic E-state index is 0.00392. The largest absolute Gasteiger partial charge is 0.481 e. The van der Waals surface area contributed by atoms with Crippen LogP contribution in [0, 0.1) is 19.3 Å². The van der Waals surface area contributed by atoms with Gasteiger partial charge < -0.3 is 10.0 Å². The van der Waals surface area contributed by atoms with E-state index >= 15 is 0 Å². The second-order valence-corrected chi connectivity index (χ2v) is 6.03. The van der Waals surface area contributed by atoms with Crippen LogP contribution in [-0.4, -0.2) is 35.0 Å². The van der Waals surface area contributed by atoms with Crippen LogP contribution < -0.4 is 0 Å². The minimum Gasteiger partial charge on any atom is -0.481 e. The summed E-state index contributed by atoms with van der Waals surface area (Å²) in [5.41, 5.74) is 2.14. The number of benzene rings is 1. The van der Waals surface area contributed by atoms with Gasteiger partial charge in [0.15, 0.2) is 0 Å². The van der Waals surface area contributed by atoms with E-state index in [1.165, 1.54) is 0 Å². The fourth-order valence-corrected chi connectivity index (χ4v) is 2.70. The van der Waals surface area contributed by atoms with Gasteiger partial charge in [-0.3, -0.25) is 9.59 Å². The van der Waals surface area contributed by atoms with Gasteiger partial charge in [0.2, 0.25) is 0 Å². The monoisotopic (exact) mass is 275 g/mol. The Bertz CT molecular complexity index is 522. The number of amides is 1. The van der Waals surface area contributed by atoms with Crippen molar-refractivity contribution in [1.29, 1.82) is 0 Å². The molecule has 1 aliphatic heterocycles. The molecule has 4 nitrogen and oxygen atoms in total. The third kappa shape index (κ3) is 2.84. The van der Waals surface area contributed by atoms with E-state index in [4.69, 9.17) is 0 Å². The van der Waals surface area contributed by atoms with Crippen LogP contribution in [0.3, 0.4) is 0 Å². The highest BCUT2D eigenvalue weighted by Crippen LogP contribution is 2.31. The zero-order valence-corrected chi connectivity index (χ0v) is 12.3. The molecule has 1 saturated heterocycles. The molecule has 108 valence electrons. The number of likely N-dealkylation sites (tertiary alicyclic amines) is 1. The summed E-state index contributed by atoms with van der Waals surface area (Å²) < 4.78 is 0. The van der Waals surface area contributed by atoms with Gasteiger partial charge in [0.05, 0.1) is 5.41 Å². The highest BCUT2D eigenvalue weighted by molar-refractivity contribution is 5.94. The summed E-state index contributed by atoms with van der Waals surface area (Å²) in [5.74, 6) is -0.764. The summed E-state index contributed by atoms with van der Waals surface area (Å²) >= 11 is 0. The lowest BCUT2D eigenvalue weighted by atomic mass is 9.80. The number of carbonyl (C=O) groups excluding carboxylic acids is 1. The number of hydrogen-bond donors (Lipinski definition) is 1. The first-order valence-electron chi connectivity index (χ1n) is 6.93. The molecule has 0 atom stereocenters. The van der Waals surface area contributed by atoms with Crippen LogP contribution in [-0.2, 0) is 4.79 Å². The third-order valence-corrected chi connectivity index (χ3v) is 4.14. The van der Waals surface area contributed by atoms with E-state index in [2.05, 4.69) is 0 Å². The summed E-state index contributed by atoms with van der Waals surface area (Å²) in [6.45, 7) is 6.72. The molecule has 0 unspecified atom stereocenters. The number of aryl methyl sites for hydroxylation is 2. The predicted molar refractivity (Wildman–Crippen MR) is 76.8 cm³/mol. The molecular formula is C16H21NO3. The maximum Gasteiger partial charge on any atom is 0.309 e. The van der Waals surface area contributed by atoms with E-state index in [0.717, 1.165) is 11.1 Å². The molecule has 2 rings (SSSR count). The van der Waals surface area contributed by atoms with Gasteiger partial charge in [0, 0.05) is 18.7 Å². The molecule has 1 fully saturated rings. The molecule has 0 aliphatic carbocycles.